The predicted molar refractivity (Wildman–Crippen MR) is 81.9 cm³/mol. The third kappa shape index (κ3) is 1.98. The van der Waals surface area contributed by atoms with Crippen LogP contribution in [0.15, 0.2) is 25.8 Å². The molecule has 0 aliphatic carbocycles. The van der Waals surface area contributed by atoms with Gasteiger partial charge in [0.2, 0.25) is 0 Å². The van der Waals surface area contributed by atoms with E-state index >= 15 is 0 Å². The molecule has 0 spiro atoms. The van der Waals surface area contributed by atoms with Gasteiger partial charge in [0, 0.05) is 35.1 Å². The zero-order valence-electron chi connectivity index (χ0n) is 12.9. The number of fused-ring (bicyclic) bond motifs is 2. The highest BCUT2D eigenvalue weighted by Crippen LogP contribution is 2.36. The van der Waals surface area contributed by atoms with Crippen LogP contribution in [0, 0.1) is 20.8 Å². The van der Waals surface area contributed by atoms with Crippen LogP contribution in [-0.2, 0) is 4.74 Å². The Labute approximate surface area is 122 Å². The highest BCUT2D eigenvalue weighted by Gasteiger charge is 2.20. The van der Waals surface area contributed by atoms with E-state index in [0.717, 1.165) is 38.8 Å². The molecule has 0 aliphatic rings. The van der Waals surface area contributed by atoms with Crippen molar-refractivity contribution in [3.05, 3.63) is 45.0 Å². The molecular weight excluding hydrogens is 268 g/mol. The maximum Gasteiger partial charge on any atom is 0.336 e. The van der Waals surface area contributed by atoms with E-state index in [-0.39, 0.29) is 11.7 Å². The third-order valence-corrected chi connectivity index (χ3v) is 4.13. The summed E-state index contributed by atoms with van der Waals surface area (Å²) in [5, 5.41) is 1.98. The number of furan rings is 1. The summed E-state index contributed by atoms with van der Waals surface area (Å²) in [4.78, 5) is 11.6. The number of aryl methyl sites for hydroxylation is 3. The van der Waals surface area contributed by atoms with Gasteiger partial charge < -0.3 is 13.6 Å². The maximum atomic E-state index is 11.6. The number of rotatable bonds is 2. The van der Waals surface area contributed by atoms with Crippen molar-refractivity contribution in [3.63, 3.8) is 0 Å². The number of methoxy groups -OCH3 is 1. The molecule has 21 heavy (non-hydrogen) atoms. The van der Waals surface area contributed by atoms with Crippen molar-refractivity contribution >= 4 is 21.9 Å². The summed E-state index contributed by atoms with van der Waals surface area (Å²) < 4.78 is 16.7. The van der Waals surface area contributed by atoms with Crippen LogP contribution < -0.4 is 5.63 Å². The number of benzene rings is 1. The first-order valence-electron chi connectivity index (χ1n) is 6.94. The van der Waals surface area contributed by atoms with Crippen molar-refractivity contribution in [2.75, 3.05) is 7.11 Å². The van der Waals surface area contributed by atoms with E-state index in [0.29, 0.717) is 5.58 Å². The zero-order chi connectivity index (χ0) is 15.3. The van der Waals surface area contributed by atoms with E-state index < -0.39 is 0 Å². The smallest absolute Gasteiger partial charge is 0.336 e. The molecule has 1 aromatic carbocycles. The summed E-state index contributed by atoms with van der Waals surface area (Å²) in [6, 6.07) is 3.54. The van der Waals surface area contributed by atoms with Gasteiger partial charge in [-0.2, -0.15) is 0 Å². The van der Waals surface area contributed by atoms with Crippen molar-refractivity contribution in [1.82, 2.24) is 0 Å². The van der Waals surface area contributed by atoms with E-state index in [9.17, 15) is 4.79 Å². The molecule has 1 atom stereocenters. The summed E-state index contributed by atoms with van der Waals surface area (Å²) in [6.07, 6.45) is -0.118. The molecule has 0 N–H and O–H groups in total. The summed E-state index contributed by atoms with van der Waals surface area (Å²) in [6.45, 7) is 7.80. The van der Waals surface area contributed by atoms with Crippen LogP contribution in [-0.4, -0.2) is 7.11 Å². The minimum Gasteiger partial charge on any atom is -0.458 e. The third-order valence-electron chi connectivity index (χ3n) is 4.13. The van der Waals surface area contributed by atoms with Gasteiger partial charge in [-0.05, 0) is 39.3 Å². The SMILES string of the molecule is CO[C@@H](C)c1oc2c(C)c3oc(=O)cc(C)c3cc2c1C. The van der Waals surface area contributed by atoms with E-state index in [4.69, 9.17) is 13.6 Å². The number of hydrogen-bond acceptors (Lipinski definition) is 4. The van der Waals surface area contributed by atoms with E-state index in [2.05, 4.69) is 0 Å². The van der Waals surface area contributed by atoms with Crippen LogP contribution in [0.25, 0.3) is 21.9 Å². The second-order valence-corrected chi connectivity index (χ2v) is 5.47. The Bertz CT molecular complexity index is 899. The van der Waals surface area contributed by atoms with Crippen LogP contribution in [0.5, 0.6) is 0 Å². The van der Waals surface area contributed by atoms with Gasteiger partial charge in [0.1, 0.15) is 23.0 Å². The molecule has 0 bridgehead atoms. The number of hydrogen-bond donors (Lipinski definition) is 0. The van der Waals surface area contributed by atoms with Crippen molar-refractivity contribution in [2.24, 2.45) is 0 Å². The van der Waals surface area contributed by atoms with Crippen LogP contribution in [0.3, 0.4) is 0 Å². The van der Waals surface area contributed by atoms with Crippen LogP contribution in [0.2, 0.25) is 0 Å². The van der Waals surface area contributed by atoms with Gasteiger partial charge in [-0.1, -0.05) is 0 Å². The quantitative estimate of drug-likeness (QED) is 0.663. The average Bonchev–Trinajstić information content (AvgIpc) is 2.77. The molecule has 0 amide bonds. The standard InChI is InChI=1S/C17H18O4/c1-8-6-14(18)20-16-10(3)17-13(7-12(8)16)9(2)15(21-17)11(4)19-5/h6-7,11H,1-5H3/t11-/m0/s1. The molecular formula is C17H18O4. The largest absolute Gasteiger partial charge is 0.458 e. The maximum absolute atomic E-state index is 11.6. The predicted octanol–water partition coefficient (Wildman–Crippen LogP) is 4.17. The Morgan fingerprint density at radius 2 is 1.67 bits per heavy atom. The fourth-order valence-electron chi connectivity index (χ4n) is 2.82. The lowest BCUT2D eigenvalue weighted by atomic mass is 10.0. The number of ether oxygens (including phenoxy) is 1. The highest BCUT2D eigenvalue weighted by molar-refractivity contribution is 5.99. The van der Waals surface area contributed by atoms with Gasteiger partial charge in [-0.25, -0.2) is 4.79 Å². The van der Waals surface area contributed by atoms with Crippen LogP contribution in [0.1, 0.15) is 35.5 Å². The van der Waals surface area contributed by atoms with Crippen LogP contribution >= 0.6 is 0 Å². The topological polar surface area (TPSA) is 52.6 Å². The molecule has 0 radical (unpaired) electrons. The molecule has 2 heterocycles. The van der Waals surface area contributed by atoms with Gasteiger partial charge >= 0.3 is 5.63 Å². The Morgan fingerprint density at radius 3 is 2.33 bits per heavy atom. The Morgan fingerprint density at radius 1 is 1.00 bits per heavy atom. The molecule has 4 nitrogen and oxygen atoms in total. The molecule has 2 aromatic heterocycles. The van der Waals surface area contributed by atoms with Crippen molar-refractivity contribution in [2.45, 2.75) is 33.8 Å². The van der Waals surface area contributed by atoms with E-state index in [1.54, 1.807) is 7.11 Å². The fourth-order valence-corrected chi connectivity index (χ4v) is 2.82. The Balaban J connectivity index is 2.47. The summed E-state index contributed by atoms with van der Waals surface area (Å²) in [5.41, 5.74) is 3.84. The summed E-state index contributed by atoms with van der Waals surface area (Å²) >= 11 is 0. The molecule has 0 aliphatic heterocycles. The molecule has 3 rings (SSSR count). The molecule has 0 fully saturated rings. The molecule has 0 unspecified atom stereocenters. The Kier molecular flexibility index (Phi) is 3.14. The molecule has 3 aromatic rings. The molecule has 0 saturated carbocycles. The first kappa shape index (κ1) is 13.9. The highest BCUT2D eigenvalue weighted by atomic mass is 16.5. The fraction of sp³-hybridized carbons (Fsp3) is 0.353. The normalized spacial score (nSPS) is 13.2. The van der Waals surface area contributed by atoms with Gasteiger partial charge in [-0.15, -0.1) is 0 Å². The van der Waals surface area contributed by atoms with E-state index in [1.165, 1.54) is 6.07 Å². The summed E-state index contributed by atoms with van der Waals surface area (Å²) in [5.74, 6) is 0.811. The second-order valence-electron chi connectivity index (χ2n) is 5.47. The lowest BCUT2D eigenvalue weighted by molar-refractivity contribution is 0.100. The van der Waals surface area contributed by atoms with E-state index in [1.807, 2.05) is 33.8 Å². The molecule has 110 valence electrons. The Hall–Kier alpha value is -2.07. The first-order chi connectivity index (χ1) is 9.93. The van der Waals surface area contributed by atoms with Crippen molar-refractivity contribution in [1.29, 1.82) is 0 Å². The van der Waals surface area contributed by atoms with Gasteiger partial charge in [0.25, 0.3) is 0 Å². The first-order valence-corrected chi connectivity index (χ1v) is 6.94. The minimum atomic E-state index is -0.337. The molecule has 4 heteroatoms. The van der Waals surface area contributed by atoms with Crippen molar-refractivity contribution in [3.8, 4) is 0 Å². The van der Waals surface area contributed by atoms with Gasteiger partial charge in [0.05, 0.1) is 0 Å². The average molecular weight is 286 g/mol. The second kappa shape index (κ2) is 4.74. The zero-order valence-corrected chi connectivity index (χ0v) is 12.9. The van der Waals surface area contributed by atoms with Gasteiger partial charge in [-0.3, -0.25) is 0 Å². The van der Waals surface area contributed by atoms with Crippen LogP contribution in [0.4, 0.5) is 0 Å². The lowest BCUT2D eigenvalue weighted by Gasteiger charge is -2.06. The monoisotopic (exact) mass is 286 g/mol. The van der Waals surface area contributed by atoms with Crippen molar-refractivity contribution < 1.29 is 13.6 Å². The molecule has 0 saturated heterocycles. The lowest BCUT2D eigenvalue weighted by Crippen LogP contribution is -1.99. The summed E-state index contributed by atoms with van der Waals surface area (Å²) in [7, 11) is 1.66. The van der Waals surface area contributed by atoms with Gasteiger partial charge in [0.15, 0.2) is 0 Å². The minimum absolute atomic E-state index is 0.118.